The van der Waals surface area contributed by atoms with Crippen LogP contribution < -0.4 is 24.7 Å². The monoisotopic (exact) mass is 835 g/mol. The lowest BCUT2D eigenvalue weighted by Gasteiger charge is -2.15. The molecule has 14 heteroatoms. The molecule has 3 N–H and O–H groups in total. The quantitative estimate of drug-likeness (QED) is 0.139. The van der Waals surface area contributed by atoms with Crippen molar-refractivity contribution in [2.45, 2.75) is 55.8 Å². The molecule has 0 radical (unpaired) electrons. The largest absolute Gasteiger partial charge is 0.481 e. The first kappa shape index (κ1) is 39.8. The highest BCUT2D eigenvalue weighted by Crippen LogP contribution is 2.52. The Morgan fingerprint density at radius 1 is 0.678 bits per heavy atom. The van der Waals surface area contributed by atoms with Crippen LogP contribution in [0, 0.1) is 0 Å². The smallest absolute Gasteiger partial charge is 0.314 e. The number of anilines is 1. The molecule has 6 aromatic rings. The third kappa shape index (κ3) is 8.20. The number of nitrogens with two attached hydrogens (primary N) is 1. The number of benzene rings is 4. The van der Waals surface area contributed by atoms with Crippen LogP contribution in [0.15, 0.2) is 97.3 Å². The van der Waals surface area contributed by atoms with Crippen molar-refractivity contribution in [1.82, 2.24) is 19.1 Å². The number of aliphatic carboxylic acids is 1. The van der Waals surface area contributed by atoms with Gasteiger partial charge >= 0.3 is 5.97 Å². The Morgan fingerprint density at radius 3 is 1.63 bits per heavy atom. The molecule has 0 unspecified atom stereocenters. The average molecular weight is 837 g/mol. The van der Waals surface area contributed by atoms with Gasteiger partial charge in [-0.15, -0.1) is 0 Å². The number of carbonyl (C=O) groups is 2. The fraction of sp³-hybridized carbons (Fsp3) is 0.289. The molecule has 2 aliphatic heterocycles. The lowest BCUT2D eigenvalue weighted by atomic mass is 9.89. The normalized spacial score (nSPS) is 15.7. The minimum atomic E-state index is -0.749. The SMILES string of the molecule is Cn1c(Cc2ccccc2Cl)cnc1CC(=O)C1(c2ccc3c(c2)OCO3)CC1.Cn1c(Cc2ccccc2Cl)cnc1N.O=C(O)C1(c2ccc3c(c2)OCO3)CC1. The molecule has 59 heavy (non-hydrogen) atoms. The van der Waals surface area contributed by atoms with Gasteiger partial charge in [0.1, 0.15) is 5.82 Å². The Balaban J connectivity index is 0.000000136. The predicted molar refractivity (Wildman–Crippen MR) is 223 cm³/mol. The number of aromatic nitrogens is 4. The predicted octanol–water partition coefficient (Wildman–Crippen LogP) is 8.01. The number of nitrogen functional groups attached to an aromatic ring is 1. The van der Waals surface area contributed by atoms with Gasteiger partial charge in [-0.3, -0.25) is 9.59 Å². The molecule has 304 valence electrons. The van der Waals surface area contributed by atoms with Crippen LogP contribution in [-0.2, 0) is 53.8 Å². The van der Waals surface area contributed by atoms with E-state index < -0.39 is 16.8 Å². The molecule has 0 spiro atoms. The van der Waals surface area contributed by atoms with E-state index in [0.717, 1.165) is 80.3 Å². The second kappa shape index (κ2) is 16.3. The van der Waals surface area contributed by atoms with Crippen molar-refractivity contribution < 1.29 is 33.6 Å². The van der Waals surface area contributed by atoms with E-state index in [1.54, 1.807) is 18.3 Å². The molecule has 2 aromatic heterocycles. The number of fused-ring (bicyclic) bond motifs is 2. The summed E-state index contributed by atoms with van der Waals surface area (Å²) in [6, 6.07) is 26.8. The highest BCUT2D eigenvalue weighted by atomic mass is 35.5. The van der Waals surface area contributed by atoms with Crippen LogP contribution in [0.4, 0.5) is 5.95 Å². The van der Waals surface area contributed by atoms with Gasteiger partial charge in [0.25, 0.3) is 0 Å². The Morgan fingerprint density at radius 2 is 1.15 bits per heavy atom. The van der Waals surface area contributed by atoms with Crippen molar-refractivity contribution in [1.29, 1.82) is 0 Å². The second-order valence-electron chi connectivity index (χ2n) is 15.1. The Hall–Kier alpha value is -5.98. The zero-order valence-corrected chi connectivity index (χ0v) is 34.1. The molecule has 2 aliphatic carbocycles. The average Bonchev–Trinajstić information content (AvgIpc) is 4.04. The number of carbonyl (C=O) groups excluding carboxylic acids is 1. The summed E-state index contributed by atoms with van der Waals surface area (Å²) in [6.45, 7) is 0.458. The van der Waals surface area contributed by atoms with Crippen LogP contribution in [0.5, 0.6) is 23.0 Å². The summed E-state index contributed by atoms with van der Waals surface area (Å²) in [6.07, 6.45) is 8.51. The second-order valence-corrected chi connectivity index (χ2v) is 15.9. The number of Topliss-reactive ketones (excluding diaryl/α,β-unsaturated/α-hetero) is 1. The maximum atomic E-state index is 13.2. The van der Waals surface area contributed by atoms with Crippen molar-refractivity contribution in [2.24, 2.45) is 14.1 Å². The van der Waals surface area contributed by atoms with Crippen molar-refractivity contribution in [3.05, 3.63) is 147 Å². The van der Waals surface area contributed by atoms with E-state index in [1.165, 1.54) is 0 Å². The maximum absolute atomic E-state index is 13.2. The van der Waals surface area contributed by atoms with E-state index in [1.807, 2.05) is 102 Å². The number of halogens is 2. The van der Waals surface area contributed by atoms with E-state index in [4.69, 9.17) is 53.0 Å². The summed E-state index contributed by atoms with van der Waals surface area (Å²) in [5.41, 5.74) is 10.6. The van der Waals surface area contributed by atoms with Crippen molar-refractivity contribution in [3.8, 4) is 23.0 Å². The summed E-state index contributed by atoms with van der Waals surface area (Å²) in [7, 11) is 3.86. The van der Waals surface area contributed by atoms with Gasteiger partial charge in [0.15, 0.2) is 34.7 Å². The van der Waals surface area contributed by atoms with E-state index in [2.05, 4.69) is 9.97 Å². The van der Waals surface area contributed by atoms with Crippen LogP contribution in [0.3, 0.4) is 0 Å². The fourth-order valence-corrected chi connectivity index (χ4v) is 7.83. The van der Waals surface area contributed by atoms with Crippen molar-refractivity contribution >= 4 is 40.9 Å². The molecule has 0 amide bonds. The molecular formula is C45H43Cl2N5O7. The van der Waals surface area contributed by atoms with Gasteiger partial charge in [-0.1, -0.05) is 71.7 Å². The van der Waals surface area contributed by atoms with Crippen LogP contribution in [0.1, 0.15) is 65.1 Å². The lowest BCUT2D eigenvalue weighted by molar-refractivity contribution is -0.140. The van der Waals surface area contributed by atoms with Gasteiger partial charge in [0, 0.05) is 54.6 Å². The minimum Gasteiger partial charge on any atom is -0.481 e. The number of hydrogen-bond acceptors (Lipinski definition) is 9. The van der Waals surface area contributed by atoms with Gasteiger partial charge in [-0.25, -0.2) is 9.97 Å². The Bertz CT molecular complexity index is 2540. The number of hydrogen-bond donors (Lipinski definition) is 2. The summed E-state index contributed by atoms with van der Waals surface area (Å²) < 4.78 is 25.2. The Kier molecular flexibility index (Phi) is 11.0. The highest BCUT2D eigenvalue weighted by Gasteiger charge is 2.52. The first-order valence-electron chi connectivity index (χ1n) is 19.3. The third-order valence-electron chi connectivity index (χ3n) is 11.6. The van der Waals surface area contributed by atoms with Crippen molar-refractivity contribution in [3.63, 3.8) is 0 Å². The van der Waals surface area contributed by atoms with E-state index in [0.29, 0.717) is 43.1 Å². The third-order valence-corrected chi connectivity index (χ3v) is 12.3. The molecule has 4 aromatic carbocycles. The first-order valence-corrected chi connectivity index (χ1v) is 20.0. The molecule has 0 saturated heterocycles. The number of nitrogens with zero attached hydrogens (tertiary/aromatic N) is 4. The number of ether oxygens (including phenoxy) is 4. The number of rotatable bonds is 10. The van der Waals surface area contributed by atoms with Crippen LogP contribution in [-0.4, -0.2) is 49.5 Å². The zero-order chi connectivity index (χ0) is 41.3. The van der Waals surface area contributed by atoms with Crippen LogP contribution >= 0.6 is 23.2 Å². The molecule has 0 atom stereocenters. The van der Waals surface area contributed by atoms with E-state index in [9.17, 15) is 9.59 Å². The fourth-order valence-electron chi connectivity index (χ4n) is 7.42. The van der Waals surface area contributed by atoms with Gasteiger partial charge in [0.05, 0.1) is 23.4 Å². The first-order chi connectivity index (χ1) is 28.5. The minimum absolute atomic E-state index is 0.203. The molecule has 10 rings (SSSR count). The number of imidazole rings is 2. The molecule has 2 saturated carbocycles. The summed E-state index contributed by atoms with van der Waals surface area (Å²) >= 11 is 12.4. The van der Waals surface area contributed by atoms with Gasteiger partial charge in [-0.2, -0.15) is 0 Å². The summed E-state index contributed by atoms with van der Waals surface area (Å²) in [4.78, 5) is 32.9. The molecule has 12 nitrogen and oxygen atoms in total. The molecule has 2 fully saturated rings. The Labute approximate surface area is 351 Å². The van der Waals surface area contributed by atoms with E-state index >= 15 is 0 Å². The van der Waals surface area contributed by atoms with Crippen molar-refractivity contribution in [2.75, 3.05) is 19.3 Å². The standard InChI is InChI=1S/C23H21ClN2O3.C11H12ClN3.C11H10O4/c1-26-17(10-15-4-2-3-5-18(15)24)13-25-22(26)12-21(27)23(8-9-23)16-6-7-19-20(11-16)29-14-28-19;1-15-9(7-14-11(15)13)6-8-4-2-3-5-10(8)12;12-10(13)11(3-4-11)7-1-2-8-9(5-7)15-6-14-8/h2-7,11,13H,8-10,12,14H2,1H3;2-5,7H,6H2,1H3,(H2,13,14);1-2,5H,3-4,6H2,(H,12,13). The summed E-state index contributed by atoms with van der Waals surface area (Å²) in [5.74, 6) is 3.57. The summed E-state index contributed by atoms with van der Waals surface area (Å²) in [5, 5.41) is 10.7. The van der Waals surface area contributed by atoms with Gasteiger partial charge in [-0.05, 0) is 84.3 Å². The molecule has 0 bridgehead atoms. The number of ketones is 1. The molecule has 4 aliphatic rings. The topological polar surface area (TPSA) is 153 Å². The highest BCUT2D eigenvalue weighted by molar-refractivity contribution is 6.31. The lowest BCUT2D eigenvalue weighted by Crippen LogP contribution is -2.24. The zero-order valence-electron chi connectivity index (χ0n) is 32.6. The molecular weight excluding hydrogens is 793 g/mol. The van der Waals surface area contributed by atoms with Gasteiger partial charge in [0.2, 0.25) is 13.6 Å². The van der Waals surface area contributed by atoms with E-state index in [-0.39, 0.29) is 19.4 Å². The maximum Gasteiger partial charge on any atom is 0.314 e. The number of carboxylic acids is 1. The van der Waals surface area contributed by atoms with Crippen LogP contribution in [0.25, 0.3) is 0 Å². The number of carboxylic acid groups (broad SMARTS) is 1. The molecule has 4 heterocycles. The van der Waals surface area contributed by atoms with Gasteiger partial charge < -0.3 is 38.9 Å². The van der Waals surface area contributed by atoms with Crippen LogP contribution in [0.2, 0.25) is 10.0 Å².